The number of aromatic nitrogens is 2. The van der Waals surface area contributed by atoms with E-state index < -0.39 is 29.0 Å². The summed E-state index contributed by atoms with van der Waals surface area (Å²) in [5.41, 5.74) is -0.0379. The number of halogens is 1. The zero-order valence-electron chi connectivity index (χ0n) is 18.7. The number of amides is 2. The number of carbonyl (C=O) groups excluding carboxylic acids is 3. The predicted molar refractivity (Wildman–Crippen MR) is 118 cm³/mol. The molecule has 0 unspecified atom stereocenters. The highest BCUT2D eigenvalue weighted by Gasteiger charge is 2.33. The maximum Gasteiger partial charge on any atom is 0.293 e. The van der Waals surface area contributed by atoms with Gasteiger partial charge < -0.3 is 19.6 Å². The van der Waals surface area contributed by atoms with Gasteiger partial charge >= 0.3 is 0 Å². The van der Waals surface area contributed by atoms with Crippen LogP contribution in [0, 0.1) is 26.2 Å². The topological polar surface area (TPSA) is 111 Å². The first-order chi connectivity index (χ1) is 15.5. The highest BCUT2D eigenvalue weighted by Crippen LogP contribution is 2.26. The van der Waals surface area contributed by atoms with Crippen molar-refractivity contribution in [3.8, 4) is 0 Å². The third-order valence-corrected chi connectivity index (χ3v) is 5.30. The summed E-state index contributed by atoms with van der Waals surface area (Å²) in [4.78, 5) is 45.8. The van der Waals surface area contributed by atoms with Gasteiger partial charge in [0, 0.05) is 18.4 Å². The molecular weight excluding hydrogens is 429 g/mol. The number of nitrogens with zero attached hydrogens (tertiary/aromatic N) is 3. The number of benzene rings is 1. The molecule has 0 atom stereocenters. The van der Waals surface area contributed by atoms with E-state index in [1.807, 2.05) is 0 Å². The largest absolute Gasteiger partial charge is 0.446 e. The third kappa shape index (κ3) is 4.39. The molecule has 2 amide bonds. The van der Waals surface area contributed by atoms with Crippen LogP contribution in [0.4, 0.5) is 15.8 Å². The van der Waals surface area contributed by atoms with Crippen LogP contribution in [-0.2, 0) is 17.4 Å². The Kier molecular flexibility index (Phi) is 6.17. The van der Waals surface area contributed by atoms with Crippen LogP contribution in [0.1, 0.15) is 51.8 Å². The molecule has 33 heavy (non-hydrogen) atoms. The molecule has 0 spiro atoms. The fourth-order valence-corrected chi connectivity index (χ4v) is 3.54. The number of anilines is 1. The number of Topliss-reactive ketones (excluding diaryl/α,β-unsaturated/α-hetero) is 1. The van der Waals surface area contributed by atoms with Crippen LogP contribution in [0.25, 0.3) is 4.85 Å². The Morgan fingerprint density at radius 2 is 1.94 bits per heavy atom. The summed E-state index contributed by atoms with van der Waals surface area (Å²) in [6, 6.07) is 3.63. The zero-order valence-corrected chi connectivity index (χ0v) is 18.7. The monoisotopic (exact) mass is 451 g/mol. The molecule has 0 saturated carbocycles. The highest BCUT2D eigenvalue weighted by atomic mass is 19.1. The second-order valence-electron chi connectivity index (χ2n) is 7.97. The van der Waals surface area contributed by atoms with Gasteiger partial charge in [-0.2, -0.15) is 0 Å². The van der Waals surface area contributed by atoms with Gasteiger partial charge in [0.15, 0.2) is 0 Å². The summed E-state index contributed by atoms with van der Waals surface area (Å²) in [5.74, 6) is -2.71. The van der Waals surface area contributed by atoms with Crippen LogP contribution in [0.3, 0.4) is 0 Å². The second-order valence-corrected chi connectivity index (χ2v) is 7.97. The van der Waals surface area contributed by atoms with Crippen molar-refractivity contribution in [2.45, 2.75) is 33.2 Å². The van der Waals surface area contributed by atoms with Crippen molar-refractivity contribution in [1.29, 1.82) is 0 Å². The Balaban J connectivity index is 1.88. The highest BCUT2D eigenvalue weighted by molar-refractivity contribution is 6.43. The quantitative estimate of drug-likeness (QED) is 0.336. The molecule has 9 nitrogen and oxygen atoms in total. The molecule has 1 aromatic carbocycles. The summed E-state index contributed by atoms with van der Waals surface area (Å²) in [6.45, 7) is 13.5. The van der Waals surface area contributed by atoms with E-state index in [4.69, 9.17) is 11.0 Å². The molecule has 3 rings (SSSR count). The molecule has 0 aliphatic heterocycles. The first-order valence-corrected chi connectivity index (χ1v) is 9.89. The summed E-state index contributed by atoms with van der Waals surface area (Å²) in [6.07, 6.45) is 2.80. The molecule has 170 valence electrons. The minimum absolute atomic E-state index is 0.101. The number of oxazole rings is 1. The van der Waals surface area contributed by atoms with Crippen LogP contribution in [0.15, 0.2) is 35.1 Å². The van der Waals surface area contributed by atoms with Crippen LogP contribution in [-0.4, -0.2) is 27.1 Å². The summed E-state index contributed by atoms with van der Waals surface area (Å²) in [5, 5.41) is 5.21. The SMILES string of the molecule is [C-]#[N+]c1cc(NC(=O)c2c(C)c(C(=O)C(=O)NC(C)(C)c3ncco3)c(C)n2C)ccc1F. The molecule has 0 aliphatic carbocycles. The molecule has 2 heterocycles. The third-order valence-electron chi connectivity index (χ3n) is 5.30. The van der Waals surface area contributed by atoms with E-state index in [0.717, 1.165) is 6.07 Å². The zero-order chi connectivity index (χ0) is 24.5. The van der Waals surface area contributed by atoms with E-state index in [-0.39, 0.29) is 28.5 Å². The average molecular weight is 451 g/mol. The van der Waals surface area contributed by atoms with Gasteiger partial charge in [0.25, 0.3) is 17.6 Å². The minimum atomic E-state index is -1.03. The van der Waals surface area contributed by atoms with Crippen LogP contribution < -0.4 is 10.6 Å². The second kappa shape index (κ2) is 8.70. The van der Waals surface area contributed by atoms with Crippen LogP contribution in [0.5, 0.6) is 0 Å². The molecule has 0 fully saturated rings. The van der Waals surface area contributed by atoms with E-state index in [1.54, 1.807) is 34.7 Å². The average Bonchev–Trinajstić information content (AvgIpc) is 3.37. The number of nitrogens with one attached hydrogen (secondary N) is 2. The number of hydrogen-bond acceptors (Lipinski definition) is 5. The Morgan fingerprint density at radius 3 is 2.55 bits per heavy atom. The van der Waals surface area contributed by atoms with E-state index in [2.05, 4.69) is 20.5 Å². The maximum absolute atomic E-state index is 13.6. The maximum atomic E-state index is 13.6. The Morgan fingerprint density at radius 1 is 1.24 bits per heavy atom. The first kappa shape index (κ1) is 23.4. The smallest absolute Gasteiger partial charge is 0.293 e. The lowest BCUT2D eigenvalue weighted by Gasteiger charge is -2.22. The van der Waals surface area contributed by atoms with E-state index in [1.165, 1.54) is 29.2 Å². The van der Waals surface area contributed by atoms with Crippen molar-refractivity contribution in [3.05, 3.63) is 76.3 Å². The summed E-state index contributed by atoms with van der Waals surface area (Å²) in [7, 11) is 1.60. The Bertz CT molecular complexity index is 1300. The van der Waals surface area contributed by atoms with Gasteiger partial charge in [-0.15, -0.1) is 0 Å². The standard InChI is InChI=1S/C23H22FN5O4/c1-12-17(19(30)21(32)28-23(3,4)22-26-9-10-33-22)13(2)29(6)18(12)20(31)27-14-7-8-15(24)16(11-14)25-5/h7-11H,1-4,6H3,(H,27,31)(H,28,32). The van der Waals surface area contributed by atoms with Gasteiger partial charge in [0.2, 0.25) is 11.6 Å². The van der Waals surface area contributed by atoms with Gasteiger partial charge in [0.05, 0.1) is 18.3 Å². The first-order valence-electron chi connectivity index (χ1n) is 9.89. The fourth-order valence-electron chi connectivity index (χ4n) is 3.54. The summed E-state index contributed by atoms with van der Waals surface area (Å²) < 4.78 is 20.3. The fraction of sp³-hybridized carbons (Fsp3) is 0.261. The Hall–Kier alpha value is -4.26. The molecule has 2 N–H and O–H groups in total. The molecule has 3 aromatic rings. The lowest BCUT2D eigenvalue weighted by Crippen LogP contribution is -2.44. The van der Waals surface area contributed by atoms with Crippen molar-refractivity contribution in [1.82, 2.24) is 14.9 Å². The number of ketones is 1. The predicted octanol–water partition coefficient (Wildman–Crippen LogP) is 3.81. The lowest BCUT2D eigenvalue weighted by atomic mass is 10.0. The number of carbonyl (C=O) groups is 3. The Labute approximate surface area is 189 Å². The van der Waals surface area contributed by atoms with Gasteiger partial charge in [0.1, 0.15) is 23.3 Å². The van der Waals surface area contributed by atoms with E-state index in [9.17, 15) is 18.8 Å². The molecule has 0 saturated heterocycles. The number of hydrogen-bond donors (Lipinski definition) is 2. The molecule has 0 radical (unpaired) electrons. The minimum Gasteiger partial charge on any atom is -0.446 e. The van der Waals surface area contributed by atoms with Gasteiger partial charge in [-0.25, -0.2) is 14.2 Å². The van der Waals surface area contributed by atoms with Crippen molar-refractivity contribution in [2.24, 2.45) is 7.05 Å². The van der Waals surface area contributed by atoms with Crippen LogP contribution >= 0.6 is 0 Å². The van der Waals surface area contributed by atoms with Gasteiger partial charge in [-0.1, -0.05) is 0 Å². The number of rotatable bonds is 6. The van der Waals surface area contributed by atoms with Crippen molar-refractivity contribution >= 4 is 29.0 Å². The summed E-state index contributed by atoms with van der Waals surface area (Å²) >= 11 is 0. The molecule has 2 aromatic heterocycles. The molecular formula is C23H22FN5O4. The van der Waals surface area contributed by atoms with Crippen molar-refractivity contribution in [2.75, 3.05) is 5.32 Å². The normalized spacial score (nSPS) is 11.1. The molecule has 10 heteroatoms. The van der Waals surface area contributed by atoms with Gasteiger partial charge in [-0.3, -0.25) is 14.4 Å². The van der Waals surface area contributed by atoms with Crippen LogP contribution in [0.2, 0.25) is 0 Å². The van der Waals surface area contributed by atoms with Crippen molar-refractivity contribution < 1.29 is 23.2 Å². The van der Waals surface area contributed by atoms with Crippen molar-refractivity contribution in [3.63, 3.8) is 0 Å². The van der Waals surface area contributed by atoms with E-state index in [0.29, 0.717) is 11.3 Å². The molecule has 0 aliphatic rings. The lowest BCUT2D eigenvalue weighted by molar-refractivity contribution is -0.118. The van der Waals surface area contributed by atoms with E-state index >= 15 is 0 Å². The van der Waals surface area contributed by atoms with Gasteiger partial charge in [-0.05, 0) is 51.5 Å². The molecule has 0 bridgehead atoms.